The van der Waals surface area contributed by atoms with Gasteiger partial charge in [0.2, 0.25) is 15.9 Å². The molecule has 2 unspecified atom stereocenters. The van der Waals surface area contributed by atoms with Crippen molar-refractivity contribution in [2.75, 3.05) is 42.3 Å². The molecule has 1 aliphatic rings. The number of para-hydroxylation sites is 2. The Hall–Kier alpha value is -4.21. The average molecular weight is 717 g/mol. The molecule has 0 radical (unpaired) electrons. The minimum Gasteiger partial charge on any atom is -0.402 e. The van der Waals surface area contributed by atoms with Crippen LogP contribution in [0.4, 0.5) is 25.8 Å². The average Bonchev–Trinajstić information content (AvgIpc) is 3.29. The lowest BCUT2D eigenvalue weighted by Crippen LogP contribution is -2.49. The number of nitrogens with zero attached hydrogens (tertiary/aromatic N) is 3. The first-order chi connectivity index (χ1) is 22.9. The lowest BCUT2D eigenvalue weighted by molar-refractivity contribution is -0.121. The number of amides is 1. The van der Waals surface area contributed by atoms with Crippen LogP contribution in [0, 0.1) is 17.6 Å². The van der Waals surface area contributed by atoms with Crippen LogP contribution < -0.4 is 37.1 Å². The predicted molar refractivity (Wildman–Crippen MR) is 193 cm³/mol. The second-order valence-corrected chi connectivity index (χ2v) is 14.5. The third kappa shape index (κ3) is 9.49. The van der Waals surface area contributed by atoms with Crippen LogP contribution in [0.25, 0.3) is 5.57 Å². The SMILES string of the molecule is C/C(N)=C/C=C(/c1ccc(Cl)c(C(C)NS(C)(=O)=O)c1N(C)N)C(C)[C@H](Cc1cc(F)cc(F)c1)NC(=O)CN1c2ccccc2NN1C. The lowest BCUT2D eigenvalue weighted by Gasteiger charge is -2.32. The fourth-order valence-corrected chi connectivity index (χ4v) is 7.09. The predicted octanol–water partition coefficient (Wildman–Crippen LogP) is 4.84. The molecule has 1 amide bonds. The molecule has 0 aromatic heterocycles. The second-order valence-electron chi connectivity index (χ2n) is 12.3. The van der Waals surface area contributed by atoms with Crippen molar-refractivity contribution in [1.29, 1.82) is 0 Å². The van der Waals surface area contributed by atoms with E-state index in [1.54, 1.807) is 62.4 Å². The van der Waals surface area contributed by atoms with E-state index in [0.717, 1.165) is 23.7 Å². The van der Waals surface area contributed by atoms with E-state index in [9.17, 15) is 22.0 Å². The molecule has 0 saturated carbocycles. The Bertz CT molecular complexity index is 1850. The quantitative estimate of drug-likeness (QED) is 0.0952. The highest BCUT2D eigenvalue weighted by Gasteiger charge is 2.31. The van der Waals surface area contributed by atoms with E-state index < -0.39 is 39.7 Å². The Morgan fingerprint density at radius 1 is 1.10 bits per heavy atom. The molecule has 15 heteroatoms. The number of halogens is 3. The number of hydrogen-bond acceptors (Lipinski definition) is 9. The largest absolute Gasteiger partial charge is 0.402 e. The molecule has 0 saturated heterocycles. The number of hydrazine groups is 3. The summed E-state index contributed by atoms with van der Waals surface area (Å²) in [6.07, 6.45) is 4.59. The van der Waals surface area contributed by atoms with Crippen molar-refractivity contribution in [2.45, 2.75) is 39.3 Å². The summed E-state index contributed by atoms with van der Waals surface area (Å²) in [6, 6.07) is 12.7. The van der Waals surface area contributed by atoms with Crippen molar-refractivity contribution in [2.24, 2.45) is 17.5 Å². The van der Waals surface area contributed by atoms with Gasteiger partial charge in [0.25, 0.3) is 0 Å². The number of fused-ring (bicyclic) bond motifs is 1. The fourth-order valence-electron chi connectivity index (χ4n) is 6.02. The van der Waals surface area contributed by atoms with Gasteiger partial charge in [-0.2, -0.15) is 0 Å². The zero-order valence-electron chi connectivity index (χ0n) is 28.3. The Kier molecular flexibility index (Phi) is 11.9. The van der Waals surface area contributed by atoms with Crippen LogP contribution in [0.5, 0.6) is 0 Å². The van der Waals surface area contributed by atoms with Crippen LogP contribution in [-0.4, -0.2) is 52.4 Å². The van der Waals surface area contributed by atoms with Gasteiger partial charge in [-0.05, 0) is 67.8 Å². The van der Waals surface area contributed by atoms with Crippen LogP contribution in [0.2, 0.25) is 5.02 Å². The Labute approximate surface area is 291 Å². The van der Waals surface area contributed by atoms with Crippen LogP contribution >= 0.6 is 11.6 Å². The molecule has 1 heterocycles. The van der Waals surface area contributed by atoms with Crippen molar-refractivity contribution in [3.63, 3.8) is 0 Å². The molecule has 0 bridgehead atoms. The topological polar surface area (TPSA) is 149 Å². The second kappa shape index (κ2) is 15.6. The van der Waals surface area contributed by atoms with E-state index in [1.807, 2.05) is 31.2 Å². The summed E-state index contributed by atoms with van der Waals surface area (Å²) in [5.74, 6) is 4.04. The summed E-state index contributed by atoms with van der Waals surface area (Å²) in [4.78, 5) is 13.8. The van der Waals surface area contributed by atoms with Gasteiger partial charge in [-0.25, -0.2) is 27.8 Å². The minimum atomic E-state index is -3.63. The highest BCUT2D eigenvalue weighted by Crippen LogP contribution is 2.41. The number of rotatable bonds is 13. The molecule has 3 aromatic carbocycles. The molecule has 7 N–H and O–H groups in total. The van der Waals surface area contributed by atoms with E-state index in [4.69, 9.17) is 23.2 Å². The first-order valence-corrected chi connectivity index (χ1v) is 17.8. The maximum atomic E-state index is 14.4. The number of allylic oxidation sites excluding steroid dienone is 3. The number of nitrogens with one attached hydrogen (secondary N) is 3. The summed E-state index contributed by atoms with van der Waals surface area (Å²) in [7, 11) is -0.244. The van der Waals surface area contributed by atoms with E-state index in [2.05, 4.69) is 15.5 Å². The number of carbonyl (C=O) groups is 1. The summed E-state index contributed by atoms with van der Waals surface area (Å²) in [5.41, 5.74) is 13.8. The monoisotopic (exact) mass is 716 g/mol. The third-order valence-electron chi connectivity index (χ3n) is 8.12. The smallest absolute Gasteiger partial charge is 0.241 e. The van der Waals surface area contributed by atoms with Gasteiger partial charge < -0.3 is 16.1 Å². The van der Waals surface area contributed by atoms with E-state index in [1.165, 1.54) is 17.1 Å². The van der Waals surface area contributed by atoms with Gasteiger partial charge in [-0.3, -0.25) is 15.2 Å². The van der Waals surface area contributed by atoms with Gasteiger partial charge in [0.1, 0.15) is 18.2 Å². The Balaban J connectivity index is 1.82. The molecule has 49 heavy (non-hydrogen) atoms. The fraction of sp³-hybridized carbons (Fsp3) is 0.324. The highest BCUT2D eigenvalue weighted by molar-refractivity contribution is 7.88. The molecule has 1 aliphatic heterocycles. The van der Waals surface area contributed by atoms with E-state index >= 15 is 0 Å². The zero-order chi connectivity index (χ0) is 36.2. The van der Waals surface area contributed by atoms with Gasteiger partial charge in [0, 0.05) is 60.0 Å². The molecule has 0 fully saturated rings. The summed E-state index contributed by atoms with van der Waals surface area (Å²) in [5, 5.41) is 8.22. The summed E-state index contributed by atoms with van der Waals surface area (Å²) >= 11 is 6.67. The van der Waals surface area contributed by atoms with Crippen molar-refractivity contribution in [3.05, 3.63) is 106 Å². The minimum absolute atomic E-state index is 0.0569. The molecule has 11 nitrogen and oxygen atoms in total. The first-order valence-electron chi connectivity index (χ1n) is 15.5. The molecule has 3 atom stereocenters. The number of nitrogens with two attached hydrogens (primary N) is 2. The maximum Gasteiger partial charge on any atom is 0.241 e. The van der Waals surface area contributed by atoms with Gasteiger partial charge in [-0.15, -0.1) is 5.12 Å². The van der Waals surface area contributed by atoms with Crippen molar-refractivity contribution in [1.82, 2.24) is 15.2 Å². The van der Waals surface area contributed by atoms with Gasteiger partial charge in [0.15, 0.2) is 0 Å². The normalized spacial score (nSPS) is 15.8. The molecular weight excluding hydrogens is 674 g/mol. The molecule has 4 rings (SSSR count). The van der Waals surface area contributed by atoms with Crippen molar-refractivity contribution < 1.29 is 22.0 Å². The van der Waals surface area contributed by atoms with Gasteiger partial charge >= 0.3 is 0 Å². The number of benzene rings is 3. The highest BCUT2D eigenvalue weighted by atomic mass is 35.5. The van der Waals surface area contributed by atoms with Crippen molar-refractivity contribution in [3.8, 4) is 0 Å². The third-order valence-corrected chi connectivity index (χ3v) is 9.23. The Morgan fingerprint density at radius 3 is 2.37 bits per heavy atom. The van der Waals surface area contributed by atoms with Crippen LogP contribution in [0.3, 0.4) is 0 Å². The Morgan fingerprint density at radius 2 is 1.76 bits per heavy atom. The van der Waals surface area contributed by atoms with Crippen LogP contribution in [0.15, 0.2) is 72.4 Å². The first kappa shape index (κ1) is 37.6. The van der Waals surface area contributed by atoms with Gasteiger partial charge in [0.05, 0.1) is 23.3 Å². The molecule has 264 valence electrons. The van der Waals surface area contributed by atoms with E-state index in [0.29, 0.717) is 33.6 Å². The molecular formula is C34H43ClF2N8O3S. The van der Waals surface area contributed by atoms with Crippen molar-refractivity contribution >= 4 is 50.2 Å². The summed E-state index contributed by atoms with van der Waals surface area (Å²) < 4.78 is 55.7. The zero-order valence-corrected chi connectivity index (χ0v) is 29.8. The maximum absolute atomic E-state index is 14.4. The van der Waals surface area contributed by atoms with E-state index in [-0.39, 0.29) is 23.9 Å². The standard InChI is InChI=1S/C34H43ClF2N8O3S/c1-20(38)11-12-26(27-13-14-28(35)33(34(27)43(4)39)22(3)42-49(6,47)48)21(2)30(17-23-15-24(36)18-25(37)16-23)40-32(46)19-45-31-10-8-7-9-29(31)41-44(45)5/h7-16,18,21-22,30,41-42H,17,19,38-39H2,1-6H3,(H,40,46)/b20-11-,26-12+/t21?,22?,30-/m0/s1. The number of sulfonamides is 1. The van der Waals surface area contributed by atoms with Gasteiger partial charge in [-0.1, -0.05) is 42.8 Å². The molecule has 3 aromatic rings. The number of carbonyl (C=O) groups excluding carboxylic acids is 1. The molecule has 0 aliphatic carbocycles. The summed E-state index contributed by atoms with van der Waals surface area (Å²) in [6.45, 7) is 5.18. The van der Waals surface area contributed by atoms with Crippen LogP contribution in [-0.2, 0) is 21.2 Å². The van der Waals surface area contributed by atoms with Crippen LogP contribution in [0.1, 0.15) is 43.5 Å². The number of anilines is 3. The lowest BCUT2D eigenvalue weighted by atomic mass is 9.83. The number of hydrogen-bond donors (Lipinski definition) is 5. The molecule has 0 spiro atoms.